The van der Waals surface area contributed by atoms with E-state index in [0.717, 1.165) is 42.7 Å². The Morgan fingerprint density at radius 2 is 1.90 bits per heavy atom. The minimum absolute atomic E-state index is 0.638. The summed E-state index contributed by atoms with van der Waals surface area (Å²) < 4.78 is 10.6. The molecule has 0 atom stereocenters. The monoisotopic (exact) mass is 291 g/mol. The molecule has 1 aromatic rings. The van der Waals surface area contributed by atoms with Gasteiger partial charge in [0.25, 0.3) is 0 Å². The van der Waals surface area contributed by atoms with Crippen LogP contribution in [0.5, 0.6) is 11.5 Å². The van der Waals surface area contributed by atoms with Gasteiger partial charge in [-0.05, 0) is 37.5 Å². The van der Waals surface area contributed by atoms with E-state index in [2.05, 4.69) is 17.1 Å². The first-order valence-electron chi connectivity index (χ1n) is 7.52. The molecule has 0 saturated carbocycles. The number of ether oxygens (including phenoxy) is 2. The maximum absolute atomic E-state index is 5.33. The van der Waals surface area contributed by atoms with Crippen LogP contribution in [0.3, 0.4) is 0 Å². The van der Waals surface area contributed by atoms with E-state index >= 15 is 0 Å². The molecule has 0 aromatic heterocycles. The molecule has 116 valence electrons. The summed E-state index contributed by atoms with van der Waals surface area (Å²) >= 11 is 0. The topological polar surface area (TPSA) is 46.1 Å². The van der Waals surface area contributed by atoms with E-state index in [9.17, 15) is 0 Å². The standard InChI is InChI=1S/C16H25N3O2/c1-4-17-16(19-9-5-6-10-19)18-12-13-7-8-14(20-2)15(11-13)21-3/h7-8,11H,4-6,9-10,12H2,1-3H3,(H,17,18). The molecule has 1 aliphatic heterocycles. The zero-order chi connectivity index (χ0) is 15.1. The number of likely N-dealkylation sites (tertiary alicyclic amines) is 1. The zero-order valence-electron chi connectivity index (χ0n) is 13.2. The van der Waals surface area contributed by atoms with Gasteiger partial charge in [0.2, 0.25) is 0 Å². The van der Waals surface area contributed by atoms with Gasteiger partial charge in [0, 0.05) is 19.6 Å². The number of methoxy groups -OCH3 is 2. The zero-order valence-corrected chi connectivity index (χ0v) is 13.2. The Morgan fingerprint density at radius 3 is 2.52 bits per heavy atom. The summed E-state index contributed by atoms with van der Waals surface area (Å²) in [6.07, 6.45) is 2.50. The molecule has 0 unspecified atom stereocenters. The van der Waals surface area contributed by atoms with Gasteiger partial charge in [-0.1, -0.05) is 6.07 Å². The highest BCUT2D eigenvalue weighted by molar-refractivity contribution is 5.80. The lowest BCUT2D eigenvalue weighted by atomic mass is 10.2. The number of rotatable bonds is 5. The van der Waals surface area contributed by atoms with Gasteiger partial charge in [0.1, 0.15) is 0 Å². The second kappa shape index (κ2) is 7.76. The average Bonchev–Trinajstić information content (AvgIpc) is 3.05. The minimum Gasteiger partial charge on any atom is -0.493 e. The SMILES string of the molecule is CCNC(=NCc1ccc(OC)c(OC)c1)N1CCCC1. The predicted octanol–water partition coefficient (Wildman–Crippen LogP) is 2.27. The molecule has 0 spiro atoms. The highest BCUT2D eigenvalue weighted by atomic mass is 16.5. The van der Waals surface area contributed by atoms with Gasteiger partial charge in [-0.2, -0.15) is 0 Å². The minimum atomic E-state index is 0.638. The van der Waals surface area contributed by atoms with Crippen molar-refractivity contribution in [2.75, 3.05) is 33.9 Å². The molecule has 0 radical (unpaired) electrons. The van der Waals surface area contributed by atoms with Crippen LogP contribution in [0.15, 0.2) is 23.2 Å². The Labute approximate surface area is 127 Å². The lowest BCUT2D eigenvalue weighted by molar-refractivity contribution is 0.354. The quantitative estimate of drug-likeness (QED) is 0.668. The third-order valence-corrected chi connectivity index (χ3v) is 3.60. The summed E-state index contributed by atoms with van der Waals surface area (Å²) in [7, 11) is 3.30. The highest BCUT2D eigenvalue weighted by Gasteiger charge is 2.15. The van der Waals surface area contributed by atoms with E-state index in [4.69, 9.17) is 14.5 Å². The van der Waals surface area contributed by atoms with Crippen molar-refractivity contribution in [3.63, 3.8) is 0 Å². The van der Waals surface area contributed by atoms with Gasteiger partial charge in [0.15, 0.2) is 17.5 Å². The van der Waals surface area contributed by atoms with Crippen molar-refractivity contribution in [3.05, 3.63) is 23.8 Å². The number of nitrogens with one attached hydrogen (secondary N) is 1. The summed E-state index contributed by atoms with van der Waals surface area (Å²) in [5, 5.41) is 3.37. The first-order chi connectivity index (χ1) is 10.3. The molecular weight excluding hydrogens is 266 g/mol. The fourth-order valence-electron chi connectivity index (χ4n) is 2.50. The maximum Gasteiger partial charge on any atom is 0.194 e. The van der Waals surface area contributed by atoms with Crippen LogP contribution < -0.4 is 14.8 Å². The van der Waals surface area contributed by atoms with Crippen molar-refractivity contribution in [2.24, 2.45) is 4.99 Å². The molecule has 5 nitrogen and oxygen atoms in total. The van der Waals surface area contributed by atoms with Crippen LogP contribution in [-0.4, -0.2) is 44.7 Å². The van der Waals surface area contributed by atoms with Crippen LogP contribution in [0.1, 0.15) is 25.3 Å². The largest absolute Gasteiger partial charge is 0.493 e. The second-order valence-electron chi connectivity index (χ2n) is 5.05. The number of benzene rings is 1. The van der Waals surface area contributed by atoms with E-state index in [1.165, 1.54) is 12.8 Å². The van der Waals surface area contributed by atoms with Gasteiger partial charge < -0.3 is 19.7 Å². The molecular formula is C16H25N3O2. The van der Waals surface area contributed by atoms with Gasteiger partial charge in [-0.15, -0.1) is 0 Å². The molecule has 1 aromatic carbocycles. The van der Waals surface area contributed by atoms with Crippen molar-refractivity contribution in [1.82, 2.24) is 10.2 Å². The first kappa shape index (κ1) is 15.5. The Kier molecular flexibility index (Phi) is 5.72. The highest BCUT2D eigenvalue weighted by Crippen LogP contribution is 2.27. The summed E-state index contributed by atoms with van der Waals surface area (Å²) in [6.45, 7) is 5.82. The third kappa shape index (κ3) is 4.03. The summed E-state index contributed by atoms with van der Waals surface area (Å²) in [5.74, 6) is 2.50. The van der Waals surface area contributed by atoms with Crippen molar-refractivity contribution < 1.29 is 9.47 Å². The molecule has 5 heteroatoms. The van der Waals surface area contributed by atoms with Crippen LogP contribution in [-0.2, 0) is 6.54 Å². The molecule has 1 fully saturated rings. The van der Waals surface area contributed by atoms with Crippen molar-refractivity contribution in [2.45, 2.75) is 26.3 Å². The average molecular weight is 291 g/mol. The van der Waals surface area contributed by atoms with Crippen LogP contribution in [0.4, 0.5) is 0 Å². The van der Waals surface area contributed by atoms with Gasteiger partial charge >= 0.3 is 0 Å². The molecule has 1 heterocycles. The predicted molar refractivity (Wildman–Crippen MR) is 85.2 cm³/mol. The Morgan fingerprint density at radius 1 is 1.19 bits per heavy atom. The van der Waals surface area contributed by atoms with Gasteiger partial charge in [-0.25, -0.2) is 4.99 Å². The summed E-state index contributed by atoms with van der Waals surface area (Å²) in [5.41, 5.74) is 1.11. The maximum atomic E-state index is 5.33. The van der Waals surface area contributed by atoms with Crippen molar-refractivity contribution >= 4 is 5.96 Å². The van der Waals surface area contributed by atoms with Crippen LogP contribution >= 0.6 is 0 Å². The Bertz CT molecular complexity index is 482. The summed E-state index contributed by atoms with van der Waals surface area (Å²) in [6, 6.07) is 5.93. The number of hydrogen-bond donors (Lipinski definition) is 1. The summed E-state index contributed by atoms with van der Waals surface area (Å²) in [4.78, 5) is 7.06. The Balaban J connectivity index is 2.09. The van der Waals surface area contributed by atoms with E-state index in [1.807, 2.05) is 18.2 Å². The molecule has 0 amide bonds. The van der Waals surface area contributed by atoms with Crippen LogP contribution in [0.25, 0.3) is 0 Å². The molecule has 21 heavy (non-hydrogen) atoms. The molecule has 1 aliphatic rings. The smallest absolute Gasteiger partial charge is 0.194 e. The number of guanidine groups is 1. The number of aliphatic imine (C=N–C) groups is 1. The number of nitrogens with zero attached hydrogens (tertiary/aromatic N) is 2. The molecule has 0 bridgehead atoms. The fourth-order valence-corrected chi connectivity index (χ4v) is 2.50. The third-order valence-electron chi connectivity index (χ3n) is 3.60. The molecule has 0 aliphatic carbocycles. The fraction of sp³-hybridized carbons (Fsp3) is 0.562. The van der Waals surface area contributed by atoms with Crippen LogP contribution in [0, 0.1) is 0 Å². The van der Waals surface area contributed by atoms with Crippen molar-refractivity contribution in [1.29, 1.82) is 0 Å². The van der Waals surface area contributed by atoms with Crippen LogP contribution in [0.2, 0.25) is 0 Å². The Hall–Kier alpha value is -1.91. The lowest BCUT2D eigenvalue weighted by Gasteiger charge is -2.20. The van der Waals surface area contributed by atoms with E-state index in [-0.39, 0.29) is 0 Å². The van der Waals surface area contributed by atoms with E-state index < -0.39 is 0 Å². The van der Waals surface area contributed by atoms with E-state index in [1.54, 1.807) is 14.2 Å². The van der Waals surface area contributed by atoms with E-state index in [0.29, 0.717) is 6.54 Å². The molecule has 2 rings (SSSR count). The molecule has 1 N–H and O–H groups in total. The normalized spacial score (nSPS) is 15.2. The van der Waals surface area contributed by atoms with Crippen molar-refractivity contribution in [3.8, 4) is 11.5 Å². The first-order valence-corrected chi connectivity index (χ1v) is 7.52. The lowest BCUT2D eigenvalue weighted by Crippen LogP contribution is -2.39. The van der Waals surface area contributed by atoms with Gasteiger partial charge in [-0.3, -0.25) is 0 Å². The molecule has 1 saturated heterocycles. The van der Waals surface area contributed by atoms with Gasteiger partial charge in [0.05, 0.1) is 20.8 Å². The number of hydrogen-bond acceptors (Lipinski definition) is 3. The second-order valence-corrected chi connectivity index (χ2v) is 5.05.